The first-order valence-corrected chi connectivity index (χ1v) is 2.71. The normalized spacial score (nSPS) is 14.4. The molecule has 1 saturated heterocycles. The summed E-state index contributed by atoms with van der Waals surface area (Å²) in [5, 5.41) is 3.28. The molecule has 0 aromatic rings. The number of nitrogens with one attached hydrogen (secondary N) is 1. The molecule has 48 valence electrons. The average molecular weight is 441 g/mol. The van der Waals surface area contributed by atoms with Crippen molar-refractivity contribution in [1.82, 2.24) is 5.32 Å². The van der Waals surface area contributed by atoms with Gasteiger partial charge in [-0.25, -0.2) is 0 Å². The molecule has 0 aromatic heterocycles. The van der Waals surface area contributed by atoms with Gasteiger partial charge in [-0.05, 0) is 25.9 Å². The Labute approximate surface area is 164 Å². The molecule has 1 aliphatic heterocycles. The van der Waals surface area contributed by atoms with Gasteiger partial charge in [0.15, 0.2) is 0 Å². The van der Waals surface area contributed by atoms with Crippen LogP contribution in [0.1, 0.15) is 19.3 Å². The first-order valence-electron chi connectivity index (χ1n) is 2.71. The summed E-state index contributed by atoms with van der Waals surface area (Å²) in [4.78, 5) is 0. The molecule has 0 unspecified atom stereocenters. The van der Waals surface area contributed by atoms with Crippen LogP contribution in [0.2, 0.25) is 0 Å². The largest absolute Gasteiger partial charge is 0.317 e. The van der Waals surface area contributed by atoms with Gasteiger partial charge in [0, 0.05) is 131 Å². The summed E-state index contributed by atoms with van der Waals surface area (Å²) in [6.45, 7) is 2.50. The van der Waals surface area contributed by atoms with Crippen molar-refractivity contribution < 1.29 is 131 Å². The van der Waals surface area contributed by atoms with E-state index in [1.807, 2.05) is 0 Å². The molecule has 1 rings (SSSR count). The van der Waals surface area contributed by atoms with Crippen LogP contribution in [0.25, 0.3) is 0 Å². The van der Waals surface area contributed by atoms with E-state index in [-0.39, 0.29) is 131 Å². The molecule has 0 aromatic carbocycles. The zero-order chi connectivity index (χ0) is 4.24. The van der Waals surface area contributed by atoms with Gasteiger partial charge in [0.05, 0.1) is 0 Å². The molecule has 0 amide bonds. The monoisotopic (exact) mass is 441 g/mol. The maximum absolute atomic E-state index is 3.28. The first-order chi connectivity index (χ1) is 3.00. The van der Waals surface area contributed by atoms with E-state index >= 15 is 0 Å². The van der Waals surface area contributed by atoms with Gasteiger partial charge in [0.1, 0.15) is 0 Å². The minimum Gasteiger partial charge on any atom is -0.317 e. The molecular weight excluding hydrogens is 430 g/mol. The van der Waals surface area contributed by atoms with Crippen molar-refractivity contribution >= 4 is 0 Å². The fourth-order valence-electron chi connectivity index (χ4n) is 0.802. The molecule has 0 atom stereocenters. The topological polar surface area (TPSA) is 12.0 Å². The number of piperidine rings is 1. The molecule has 1 N–H and O–H groups in total. The zero-order valence-electron chi connectivity index (χ0n) is 6.34. The van der Waals surface area contributed by atoms with Crippen molar-refractivity contribution in [2.75, 3.05) is 13.1 Å². The fourth-order valence-corrected chi connectivity index (χ4v) is 0.802. The summed E-state index contributed by atoms with van der Waals surface area (Å²) in [6.07, 6.45) is 4.22. The van der Waals surface area contributed by atoms with E-state index < -0.39 is 0 Å². The van der Waals surface area contributed by atoms with E-state index in [9.17, 15) is 0 Å². The third-order valence-electron chi connectivity index (χ3n) is 1.21. The van der Waals surface area contributed by atoms with Crippen LogP contribution in [0.3, 0.4) is 0 Å². The van der Waals surface area contributed by atoms with Crippen LogP contribution in [-0.4, -0.2) is 13.1 Å². The summed E-state index contributed by atoms with van der Waals surface area (Å²) in [6, 6.07) is 0. The molecule has 1 heterocycles. The van der Waals surface area contributed by atoms with Gasteiger partial charge in [-0.1, -0.05) is 6.42 Å². The van der Waals surface area contributed by atoms with Crippen molar-refractivity contribution in [2.45, 2.75) is 19.3 Å². The Balaban J connectivity index is -0.0000000450. The van der Waals surface area contributed by atoms with E-state index in [1.54, 1.807) is 0 Å². The van der Waals surface area contributed by atoms with Crippen molar-refractivity contribution in [1.29, 1.82) is 0 Å². The molecular formula is C5H11NY4. The van der Waals surface area contributed by atoms with Crippen LogP contribution in [0.4, 0.5) is 0 Å². The predicted octanol–water partition coefficient (Wildman–Crippen LogP) is 0.750. The Kier molecular flexibility index (Phi) is 45.5. The minimum absolute atomic E-state index is 0. The zero-order valence-corrected chi connectivity index (χ0v) is 17.7. The summed E-state index contributed by atoms with van der Waals surface area (Å²) < 4.78 is 0. The number of hydrogen-bond acceptors (Lipinski definition) is 1. The second kappa shape index (κ2) is 19.0. The van der Waals surface area contributed by atoms with Gasteiger partial charge in [0.25, 0.3) is 0 Å². The molecule has 10 heavy (non-hydrogen) atoms. The molecule has 0 spiro atoms. The maximum Gasteiger partial charge on any atom is 0 e. The van der Waals surface area contributed by atoms with Gasteiger partial charge in [-0.3, -0.25) is 0 Å². The van der Waals surface area contributed by atoms with Crippen LogP contribution < -0.4 is 5.32 Å². The Morgan fingerprint density at radius 3 is 1.10 bits per heavy atom. The number of hydrogen-bond donors (Lipinski definition) is 1. The van der Waals surface area contributed by atoms with Crippen LogP contribution in [0, 0.1) is 0 Å². The molecule has 1 aliphatic rings. The quantitative estimate of drug-likeness (QED) is 0.586. The molecule has 1 nitrogen and oxygen atoms in total. The van der Waals surface area contributed by atoms with Crippen LogP contribution in [-0.2, 0) is 131 Å². The molecule has 5 heteroatoms. The summed E-state index contributed by atoms with van der Waals surface area (Å²) >= 11 is 0. The minimum atomic E-state index is 0. The van der Waals surface area contributed by atoms with Crippen molar-refractivity contribution in [2.24, 2.45) is 0 Å². The third-order valence-corrected chi connectivity index (χ3v) is 1.21. The molecule has 0 saturated carbocycles. The van der Waals surface area contributed by atoms with Crippen LogP contribution >= 0.6 is 0 Å². The molecule has 0 bridgehead atoms. The van der Waals surface area contributed by atoms with Crippen molar-refractivity contribution in [3.63, 3.8) is 0 Å². The standard InChI is InChI=1S/C5H11N.4Y/c1-2-4-6-5-3-1;;;;/h6H,1-5H2;;;;. The maximum atomic E-state index is 3.28. The Morgan fingerprint density at radius 1 is 0.600 bits per heavy atom. The van der Waals surface area contributed by atoms with Gasteiger partial charge in [0.2, 0.25) is 0 Å². The Morgan fingerprint density at radius 2 is 1.00 bits per heavy atom. The SMILES string of the molecule is C1CCNCC1.[Y].[Y].[Y].[Y]. The van der Waals surface area contributed by atoms with Gasteiger partial charge in [-0.15, -0.1) is 0 Å². The van der Waals surface area contributed by atoms with Crippen LogP contribution in [0.15, 0.2) is 0 Å². The van der Waals surface area contributed by atoms with E-state index in [4.69, 9.17) is 0 Å². The molecule has 1 fully saturated rings. The van der Waals surface area contributed by atoms with E-state index in [0.29, 0.717) is 0 Å². The second-order valence-corrected chi connectivity index (χ2v) is 1.81. The molecule has 0 aliphatic carbocycles. The summed E-state index contributed by atoms with van der Waals surface area (Å²) in [7, 11) is 0. The number of rotatable bonds is 0. The van der Waals surface area contributed by atoms with E-state index in [2.05, 4.69) is 5.32 Å². The van der Waals surface area contributed by atoms with Crippen molar-refractivity contribution in [3.05, 3.63) is 0 Å². The first kappa shape index (κ1) is 23.9. The van der Waals surface area contributed by atoms with E-state index in [0.717, 1.165) is 0 Å². The van der Waals surface area contributed by atoms with Gasteiger partial charge >= 0.3 is 0 Å². The van der Waals surface area contributed by atoms with Crippen LogP contribution in [0.5, 0.6) is 0 Å². The third kappa shape index (κ3) is 14.9. The Hall–Kier alpha value is 4.38. The van der Waals surface area contributed by atoms with E-state index in [1.165, 1.54) is 32.4 Å². The van der Waals surface area contributed by atoms with Gasteiger partial charge < -0.3 is 5.32 Å². The predicted molar refractivity (Wildman–Crippen MR) is 26.7 cm³/mol. The average Bonchev–Trinajstić information content (AvgIpc) is 1.72. The second-order valence-electron chi connectivity index (χ2n) is 1.81. The van der Waals surface area contributed by atoms with Gasteiger partial charge in [-0.2, -0.15) is 0 Å². The summed E-state index contributed by atoms with van der Waals surface area (Å²) in [5.41, 5.74) is 0. The summed E-state index contributed by atoms with van der Waals surface area (Å²) in [5.74, 6) is 0. The smallest absolute Gasteiger partial charge is 0 e. The van der Waals surface area contributed by atoms with Crippen molar-refractivity contribution in [3.8, 4) is 0 Å². The Bertz CT molecular complexity index is 29.1. The molecule has 4 radical (unpaired) electrons. The fraction of sp³-hybridized carbons (Fsp3) is 1.00.